The van der Waals surface area contributed by atoms with Crippen molar-refractivity contribution in [1.29, 1.82) is 0 Å². The molecule has 25 heavy (non-hydrogen) atoms. The molecule has 0 amide bonds. The van der Waals surface area contributed by atoms with Crippen LogP contribution in [0.15, 0.2) is 18.2 Å². The zero-order valence-electron chi connectivity index (χ0n) is 14.5. The van der Waals surface area contributed by atoms with Crippen LogP contribution in [-0.4, -0.2) is 28.2 Å². The first-order valence-electron chi connectivity index (χ1n) is 8.65. The van der Waals surface area contributed by atoms with Gasteiger partial charge in [-0.3, -0.25) is 0 Å². The van der Waals surface area contributed by atoms with Gasteiger partial charge in [0, 0.05) is 30.8 Å². The number of aliphatic hydroxyl groups is 1. The third-order valence-corrected chi connectivity index (χ3v) is 5.16. The SMILES string of the molecule is CCOC(=O)c1c(CO)n(C)c2cc(C3CCC(F)(F)CC3)ccc12. The molecule has 1 N–H and O–H groups in total. The summed E-state index contributed by atoms with van der Waals surface area (Å²) in [7, 11) is 1.79. The van der Waals surface area contributed by atoms with Crippen molar-refractivity contribution in [3.8, 4) is 0 Å². The molecule has 0 unspecified atom stereocenters. The second-order valence-electron chi connectivity index (χ2n) is 6.67. The number of nitrogens with zero attached hydrogens (tertiary/aromatic N) is 1. The molecule has 1 heterocycles. The van der Waals surface area contributed by atoms with Gasteiger partial charge in [0.15, 0.2) is 0 Å². The lowest BCUT2D eigenvalue weighted by molar-refractivity contribution is -0.0382. The summed E-state index contributed by atoms with van der Waals surface area (Å²) in [6.07, 6.45) is 0.749. The number of ether oxygens (including phenoxy) is 1. The third kappa shape index (κ3) is 3.27. The van der Waals surface area contributed by atoms with E-state index in [0.29, 0.717) is 24.1 Å². The van der Waals surface area contributed by atoms with Gasteiger partial charge in [0.1, 0.15) is 0 Å². The van der Waals surface area contributed by atoms with E-state index < -0.39 is 11.9 Å². The highest BCUT2D eigenvalue weighted by Gasteiger charge is 2.35. The van der Waals surface area contributed by atoms with Gasteiger partial charge >= 0.3 is 5.97 Å². The molecule has 0 radical (unpaired) electrons. The van der Waals surface area contributed by atoms with Crippen molar-refractivity contribution >= 4 is 16.9 Å². The Morgan fingerprint density at radius 3 is 2.64 bits per heavy atom. The van der Waals surface area contributed by atoms with Crippen molar-refractivity contribution in [1.82, 2.24) is 4.57 Å². The minimum absolute atomic E-state index is 0.0845. The predicted octanol–water partition coefficient (Wildman–Crippen LogP) is 4.14. The van der Waals surface area contributed by atoms with Gasteiger partial charge in [-0.25, -0.2) is 13.6 Å². The van der Waals surface area contributed by atoms with Crippen molar-refractivity contribution in [3.05, 3.63) is 35.0 Å². The molecule has 0 bridgehead atoms. The Bertz CT molecular complexity index is 788. The van der Waals surface area contributed by atoms with Crippen molar-refractivity contribution in [2.75, 3.05) is 6.61 Å². The maximum atomic E-state index is 13.4. The van der Waals surface area contributed by atoms with E-state index in [2.05, 4.69) is 0 Å². The summed E-state index contributed by atoms with van der Waals surface area (Å²) in [5.41, 5.74) is 2.69. The van der Waals surface area contributed by atoms with Crippen LogP contribution in [0.4, 0.5) is 8.78 Å². The molecule has 2 aromatic rings. The van der Waals surface area contributed by atoms with Crippen LogP contribution in [0, 0.1) is 0 Å². The van der Waals surface area contributed by atoms with Gasteiger partial charge in [0.25, 0.3) is 0 Å². The van der Waals surface area contributed by atoms with Gasteiger partial charge in [-0.05, 0) is 37.3 Å². The molecule has 1 fully saturated rings. The lowest BCUT2D eigenvalue weighted by Crippen LogP contribution is -2.23. The first-order chi connectivity index (χ1) is 11.9. The minimum atomic E-state index is -2.55. The van der Waals surface area contributed by atoms with E-state index in [0.717, 1.165) is 16.5 Å². The normalized spacial score (nSPS) is 17.8. The number of rotatable bonds is 4. The fraction of sp³-hybridized carbons (Fsp3) is 0.526. The molecule has 0 aliphatic heterocycles. The lowest BCUT2D eigenvalue weighted by Gasteiger charge is -2.28. The average molecular weight is 351 g/mol. The van der Waals surface area contributed by atoms with E-state index in [1.165, 1.54) is 0 Å². The van der Waals surface area contributed by atoms with Crippen molar-refractivity contribution < 1.29 is 23.4 Å². The Morgan fingerprint density at radius 2 is 2.04 bits per heavy atom. The van der Waals surface area contributed by atoms with E-state index in [4.69, 9.17) is 4.74 Å². The van der Waals surface area contributed by atoms with Gasteiger partial charge in [0.2, 0.25) is 5.92 Å². The van der Waals surface area contributed by atoms with E-state index in [1.54, 1.807) is 18.5 Å². The van der Waals surface area contributed by atoms with Crippen LogP contribution in [-0.2, 0) is 18.4 Å². The van der Waals surface area contributed by atoms with Gasteiger partial charge in [0.05, 0.1) is 24.5 Å². The molecular weight excluding hydrogens is 328 g/mol. The van der Waals surface area contributed by atoms with Crippen LogP contribution in [0.3, 0.4) is 0 Å². The van der Waals surface area contributed by atoms with Crippen molar-refractivity contribution in [2.45, 2.75) is 51.1 Å². The number of alkyl halides is 2. The molecule has 6 heteroatoms. The summed E-state index contributed by atoms with van der Waals surface area (Å²) in [6, 6.07) is 5.69. The molecule has 1 saturated carbocycles. The summed E-state index contributed by atoms with van der Waals surface area (Å²) in [6.45, 7) is 1.72. The molecule has 1 aromatic heterocycles. The number of carbonyl (C=O) groups is 1. The van der Waals surface area contributed by atoms with Crippen LogP contribution in [0.25, 0.3) is 10.9 Å². The van der Waals surface area contributed by atoms with Crippen LogP contribution in [0.2, 0.25) is 0 Å². The Balaban J connectivity index is 2.01. The highest BCUT2D eigenvalue weighted by molar-refractivity contribution is 6.06. The summed E-state index contributed by atoms with van der Waals surface area (Å²) in [5.74, 6) is -2.91. The second-order valence-corrected chi connectivity index (χ2v) is 6.67. The average Bonchev–Trinajstić information content (AvgIpc) is 2.87. The lowest BCUT2D eigenvalue weighted by atomic mass is 9.82. The van der Waals surface area contributed by atoms with E-state index in [9.17, 15) is 18.7 Å². The van der Waals surface area contributed by atoms with Crippen molar-refractivity contribution in [2.24, 2.45) is 7.05 Å². The fourth-order valence-electron chi connectivity index (χ4n) is 3.75. The Morgan fingerprint density at radius 1 is 1.36 bits per heavy atom. The fourth-order valence-corrected chi connectivity index (χ4v) is 3.75. The standard InChI is InChI=1S/C19H23F2NO3/c1-3-25-18(24)17-14-5-4-13(10-15(14)22(2)16(17)11-23)12-6-8-19(20,21)9-7-12/h4-5,10,12,23H,3,6-9,11H2,1-2H3. The predicted molar refractivity (Wildman–Crippen MR) is 91.0 cm³/mol. The Labute approximate surface area is 145 Å². The van der Waals surface area contributed by atoms with Gasteiger partial charge in [-0.15, -0.1) is 0 Å². The summed E-state index contributed by atoms with van der Waals surface area (Å²) < 4.78 is 33.7. The van der Waals surface area contributed by atoms with Crippen molar-refractivity contribution in [3.63, 3.8) is 0 Å². The first-order valence-corrected chi connectivity index (χ1v) is 8.65. The molecule has 3 rings (SSSR count). The number of esters is 1. The van der Waals surface area contributed by atoms with E-state index in [-0.39, 0.29) is 32.0 Å². The molecule has 4 nitrogen and oxygen atoms in total. The Hall–Kier alpha value is -1.95. The molecule has 0 saturated heterocycles. The number of aromatic nitrogens is 1. The summed E-state index contributed by atoms with van der Waals surface area (Å²) in [5, 5.41) is 10.4. The Kier molecular flexibility index (Phi) is 4.82. The monoisotopic (exact) mass is 351 g/mol. The van der Waals surface area contributed by atoms with E-state index in [1.807, 2.05) is 18.2 Å². The van der Waals surface area contributed by atoms with Crippen LogP contribution < -0.4 is 0 Å². The summed E-state index contributed by atoms with van der Waals surface area (Å²) in [4.78, 5) is 12.3. The number of hydrogen-bond acceptors (Lipinski definition) is 3. The quantitative estimate of drug-likeness (QED) is 0.842. The molecule has 136 valence electrons. The number of benzene rings is 1. The maximum Gasteiger partial charge on any atom is 0.340 e. The number of carbonyl (C=O) groups excluding carboxylic acids is 1. The number of fused-ring (bicyclic) bond motifs is 1. The topological polar surface area (TPSA) is 51.5 Å². The third-order valence-electron chi connectivity index (χ3n) is 5.16. The zero-order valence-corrected chi connectivity index (χ0v) is 14.5. The molecule has 1 aromatic carbocycles. The molecule has 0 spiro atoms. The zero-order chi connectivity index (χ0) is 18.2. The van der Waals surface area contributed by atoms with E-state index >= 15 is 0 Å². The van der Waals surface area contributed by atoms with Crippen LogP contribution in [0.5, 0.6) is 0 Å². The molecule has 0 atom stereocenters. The number of hydrogen-bond donors (Lipinski definition) is 1. The number of aliphatic hydroxyl groups excluding tert-OH is 1. The second kappa shape index (κ2) is 6.75. The number of aryl methyl sites for hydroxylation is 1. The first kappa shape index (κ1) is 17.9. The van der Waals surface area contributed by atoms with Gasteiger partial charge in [-0.2, -0.15) is 0 Å². The smallest absolute Gasteiger partial charge is 0.340 e. The largest absolute Gasteiger partial charge is 0.462 e. The molecule has 1 aliphatic rings. The molecule has 1 aliphatic carbocycles. The summed E-state index contributed by atoms with van der Waals surface area (Å²) >= 11 is 0. The van der Waals surface area contributed by atoms with Gasteiger partial charge in [-0.1, -0.05) is 12.1 Å². The maximum absolute atomic E-state index is 13.4. The number of halogens is 2. The highest BCUT2D eigenvalue weighted by Crippen LogP contribution is 2.41. The van der Waals surface area contributed by atoms with Crippen LogP contribution in [0.1, 0.15) is 60.1 Å². The molecular formula is C19H23F2NO3. The highest BCUT2D eigenvalue weighted by atomic mass is 19.3. The van der Waals surface area contributed by atoms with Gasteiger partial charge < -0.3 is 14.4 Å². The minimum Gasteiger partial charge on any atom is -0.462 e. The van der Waals surface area contributed by atoms with Crippen LogP contribution >= 0.6 is 0 Å².